The average Bonchev–Trinajstić information content (AvgIpc) is 3.01. The number of amides is 1. The number of thiazole rings is 1. The summed E-state index contributed by atoms with van der Waals surface area (Å²) in [4.78, 5) is 21.0. The van der Waals surface area contributed by atoms with Crippen LogP contribution in [0.15, 0.2) is 41.8 Å². The van der Waals surface area contributed by atoms with E-state index in [1.54, 1.807) is 0 Å². The van der Waals surface area contributed by atoms with Crippen molar-refractivity contribution in [2.45, 2.75) is 26.3 Å². The Balaban J connectivity index is 0.00000210. The van der Waals surface area contributed by atoms with Crippen molar-refractivity contribution in [3.63, 3.8) is 0 Å². The van der Waals surface area contributed by atoms with E-state index in [0.717, 1.165) is 46.7 Å². The number of benzene rings is 1. The molecule has 0 saturated carbocycles. The quantitative estimate of drug-likeness (QED) is 0.688. The fourth-order valence-corrected chi connectivity index (χ4v) is 3.75. The lowest BCUT2D eigenvalue weighted by Gasteiger charge is -2.25. The predicted molar refractivity (Wildman–Crippen MR) is 113 cm³/mol. The third kappa shape index (κ3) is 4.35. The van der Waals surface area contributed by atoms with Gasteiger partial charge in [0, 0.05) is 22.3 Å². The maximum absolute atomic E-state index is 12.0. The molecule has 1 aliphatic rings. The molecular formula is C20H21ClN4OS. The number of nitrogens with zero attached hydrogens (tertiary/aromatic N) is 2. The van der Waals surface area contributed by atoms with E-state index in [1.807, 2.05) is 31.4 Å². The first-order chi connectivity index (χ1) is 12.6. The van der Waals surface area contributed by atoms with Crippen molar-refractivity contribution in [1.29, 1.82) is 0 Å². The zero-order chi connectivity index (χ0) is 18.1. The Morgan fingerprint density at radius 1 is 1.11 bits per heavy atom. The van der Waals surface area contributed by atoms with E-state index in [-0.39, 0.29) is 24.4 Å². The van der Waals surface area contributed by atoms with Gasteiger partial charge in [0.05, 0.1) is 11.7 Å². The topological polar surface area (TPSA) is 66.9 Å². The first-order valence-electron chi connectivity index (χ1n) is 8.64. The van der Waals surface area contributed by atoms with Crippen LogP contribution in [0.1, 0.15) is 17.8 Å². The molecular weight excluding hydrogens is 380 g/mol. The Morgan fingerprint density at radius 2 is 1.81 bits per heavy atom. The van der Waals surface area contributed by atoms with E-state index in [0.29, 0.717) is 5.13 Å². The normalized spacial score (nSPS) is 15.6. The molecule has 2 aromatic heterocycles. The zero-order valence-electron chi connectivity index (χ0n) is 15.2. The first kappa shape index (κ1) is 19.5. The van der Waals surface area contributed by atoms with Crippen LogP contribution in [0.4, 0.5) is 5.13 Å². The van der Waals surface area contributed by atoms with Crippen LogP contribution in [0.25, 0.3) is 22.4 Å². The molecule has 0 aliphatic carbocycles. The Bertz CT molecular complexity index is 948. The molecule has 2 N–H and O–H groups in total. The van der Waals surface area contributed by atoms with Crippen LogP contribution < -0.4 is 10.6 Å². The molecule has 1 unspecified atom stereocenters. The van der Waals surface area contributed by atoms with Crippen molar-refractivity contribution >= 4 is 34.8 Å². The molecule has 1 amide bonds. The summed E-state index contributed by atoms with van der Waals surface area (Å²) in [5, 5.41) is 8.61. The molecule has 1 aliphatic heterocycles. The number of aromatic nitrogens is 2. The Kier molecular flexibility index (Phi) is 5.89. The van der Waals surface area contributed by atoms with Crippen molar-refractivity contribution in [2.75, 3.05) is 11.9 Å². The van der Waals surface area contributed by atoms with Crippen molar-refractivity contribution in [3.8, 4) is 22.4 Å². The second-order valence-corrected chi connectivity index (χ2v) is 7.40. The molecule has 1 aromatic carbocycles. The molecule has 1 fully saturated rings. The third-order valence-electron chi connectivity index (χ3n) is 4.45. The molecule has 140 valence electrons. The first-order valence-corrected chi connectivity index (χ1v) is 9.52. The molecule has 0 radical (unpaired) electrons. The summed E-state index contributed by atoms with van der Waals surface area (Å²) < 4.78 is 0. The van der Waals surface area contributed by atoms with Crippen LogP contribution in [0.3, 0.4) is 0 Å². The molecule has 1 saturated heterocycles. The number of pyridine rings is 1. The zero-order valence-corrected chi connectivity index (χ0v) is 16.8. The molecule has 3 heterocycles. The second kappa shape index (κ2) is 8.17. The van der Waals surface area contributed by atoms with Crippen LogP contribution in [-0.4, -0.2) is 28.5 Å². The van der Waals surface area contributed by atoms with Gasteiger partial charge in [-0.1, -0.05) is 18.2 Å². The lowest BCUT2D eigenvalue weighted by atomic mass is 10.0. The van der Waals surface area contributed by atoms with E-state index < -0.39 is 0 Å². The van der Waals surface area contributed by atoms with Gasteiger partial charge in [-0.05, 0) is 56.1 Å². The van der Waals surface area contributed by atoms with Gasteiger partial charge >= 0.3 is 0 Å². The number of carbonyl (C=O) groups is 1. The van der Waals surface area contributed by atoms with Crippen molar-refractivity contribution in [1.82, 2.24) is 15.3 Å². The van der Waals surface area contributed by atoms with Gasteiger partial charge in [0.15, 0.2) is 5.13 Å². The highest BCUT2D eigenvalue weighted by Gasteiger charge is 2.25. The summed E-state index contributed by atoms with van der Waals surface area (Å²) in [6.07, 6.45) is 0.886. The molecule has 5 nitrogen and oxygen atoms in total. The van der Waals surface area contributed by atoms with Crippen molar-refractivity contribution in [2.24, 2.45) is 0 Å². The van der Waals surface area contributed by atoms with E-state index in [4.69, 9.17) is 0 Å². The minimum atomic E-state index is -0.0798. The number of hydrogen-bond acceptors (Lipinski definition) is 5. The minimum absolute atomic E-state index is 0. The van der Waals surface area contributed by atoms with E-state index in [2.05, 4.69) is 44.9 Å². The van der Waals surface area contributed by atoms with Crippen LogP contribution in [0.2, 0.25) is 0 Å². The molecule has 1 atom stereocenters. The number of carbonyl (C=O) groups excluding carboxylic acids is 1. The van der Waals surface area contributed by atoms with Gasteiger partial charge in [-0.25, -0.2) is 4.98 Å². The minimum Gasteiger partial charge on any atom is -0.306 e. The number of hydrogen-bond donors (Lipinski definition) is 2. The van der Waals surface area contributed by atoms with E-state index in [1.165, 1.54) is 11.3 Å². The highest BCUT2D eigenvalue weighted by atomic mass is 35.5. The van der Waals surface area contributed by atoms with Crippen LogP contribution in [0.5, 0.6) is 0 Å². The Morgan fingerprint density at radius 3 is 2.48 bits per heavy atom. The monoisotopic (exact) mass is 400 g/mol. The van der Waals surface area contributed by atoms with Gasteiger partial charge in [0.1, 0.15) is 0 Å². The number of nitrogens with one attached hydrogen (secondary N) is 2. The van der Waals surface area contributed by atoms with Crippen molar-refractivity contribution in [3.05, 3.63) is 53.2 Å². The van der Waals surface area contributed by atoms with E-state index in [9.17, 15) is 4.79 Å². The number of halogens is 1. The second-order valence-electron chi connectivity index (χ2n) is 6.54. The number of aryl methyl sites for hydroxylation is 2. The molecule has 27 heavy (non-hydrogen) atoms. The van der Waals surface area contributed by atoms with Gasteiger partial charge < -0.3 is 10.6 Å². The summed E-state index contributed by atoms with van der Waals surface area (Å²) in [5.41, 5.74) is 6.21. The van der Waals surface area contributed by atoms with Gasteiger partial charge in [0.2, 0.25) is 5.91 Å². The van der Waals surface area contributed by atoms with E-state index >= 15 is 0 Å². The van der Waals surface area contributed by atoms with Gasteiger partial charge in [-0.3, -0.25) is 9.78 Å². The summed E-state index contributed by atoms with van der Waals surface area (Å²) in [6.45, 7) is 4.92. The summed E-state index contributed by atoms with van der Waals surface area (Å²) in [6, 6.07) is 12.4. The molecule has 4 rings (SSSR count). The van der Waals surface area contributed by atoms with Gasteiger partial charge in [-0.2, -0.15) is 0 Å². The maximum Gasteiger partial charge on any atom is 0.243 e. The van der Waals surface area contributed by atoms with Crippen molar-refractivity contribution < 1.29 is 4.79 Å². The molecule has 3 aromatic rings. The largest absolute Gasteiger partial charge is 0.306 e. The lowest BCUT2D eigenvalue weighted by Crippen LogP contribution is -2.50. The molecule has 0 bridgehead atoms. The SMILES string of the molecule is Cc1cc(-c2cccc(-c3csc(NC(=O)C4CCN4)n3)c2)cc(C)n1.Cl. The standard InChI is InChI=1S/C20H20N4OS.ClH/c1-12-8-16(9-13(2)22-12)14-4-3-5-15(10-14)18-11-26-20(23-18)24-19(25)17-6-7-21-17;/h3-5,8-11,17,21H,6-7H2,1-2H3,(H,23,24,25);1H. The summed E-state index contributed by atoms with van der Waals surface area (Å²) in [7, 11) is 0. The number of rotatable bonds is 4. The van der Waals surface area contributed by atoms with Crippen LogP contribution in [-0.2, 0) is 4.79 Å². The highest BCUT2D eigenvalue weighted by molar-refractivity contribution is 7.14. The lowest BCUT2D eigenvalue weighted by molar-refractivity contribution is -0.119. The average molecular weight is 401 g/mol. The fraction of sp³-hybridized carbons (Fsp3) is 0.250. The Labute approximate surface area is 168 Å². The van der Waals surface area contributed by atoms with Gasteiger partial charge in [-0.15, -0.1) is 23.7 Å². The molecule has 0 spiro atoms. The fourth-order valence-electron chi connectivity index (χ4n) is 3.03. The maximum atomic E-state index is 12.0. The summed E-state index contributed by atoms with van der Waals surface area (Å²) >= 11 is 1.45. The Hall–Kier alpha value is -2.28. The number of anilines is 1. The van der Waals surface area contributed by atoms with Gasteiger partial charge in [0.25, 0.3) is 0 Å². The molecule has 7 heteroatoms. The smallest absolute Gasteiger partial charge is 0.243 e. The third-order valence-corrected chi connectivity index (χ3v) is 5.21. The predicted octanol–water partition coefficient (Wildman–Crippen LogP) is 4.21. The van der Waals surface area contributed by atoms with Crippen LogP contribution in [0, 0.1) is 13.8 Å². The summed E-state index contributed by atoms with van der Waals surface area (Å²) in [5.74, 6) is -0.00589. The van der Waals surface area contributed by atoms with Crippen LogP contribution >= 0.6 is 23.7 Å². The highest BCUT2D eigenvalue weighted by Crippen LogP contribution is 2.29.